The van der Waals surface area contributed by atoms with Crippen molar-refractivity contribution < 1.29 is 21.6 Å². The van der Waals surface area contributed by atoms with Gasteiger partial charge in [-0.2, -0.15) is 13.2 Å². The molecular weight excluding hydrogens is 311 g/mol. The zero-order valence-corrected chi connectivity index (χ0v) is 10.4. The van der Waals surface area contributed by atoms with Gasteiger partial charge in [-0.1, -0.05) is 15.9 Å². The van der Waals surface area contributed by atoms with Crippen molar-refractivity contribution in [3.63, 3.8) is 0 Å². The zero-order chi connectivity index (χ0) is 12.7. The fraction of sp³-hybridized carbons (Fsp3) is 0.250. The van der Waals surface area contributed by atoms with Crippen LogP contribution in [0.15, 0.2) is 21.5 Å². The SMILES string of the molecule is Cc1c(C(F)(F)F)cc(Br)cc1S(N)(=O)=O. The number of rotatable bonds is 1. The number of alkyl halides is 3. The van der Waals surface area contributed by atoms with Gasteiger partial charge in [0.1, 0.15) is 0 Å². The summed E-state index contributed by atoms with van der Waals surface area (Å²) in [6, 6.07) is 1.85. The number of benzene rings is 1. The predicted molar refractivity (Wildman–Crippen MR) is 55.3 cm³/mol. The van der Waals surface area contributed by atoms with E-state index in [0.717, 1.165) is 19.1 Å². The normalized spacial score (nSPS) is 12.9. The van der Waals surface area contributed by atoms with Crippen molar-refractivity contribution in [2.24, 2.45) is 5.14 Å². The molecule has 0 aliphatic rings. The fourth-order valence-electron chi connectivity index (χ4n) is 1.24. The van der Waals surface area contributed by atoms with Crippen LogP contribution in [0, 0.1) is 6.92 Å². The maximum absolute atomic E-state index is 12.5. The Bertz CT molecular complexity index is 525. The van der Waals surface area contributed by atoms with Crippen LogP contribution in [-0.4, -0.2) is 8.42 Å². The van der Waals surface area contributed by atoms with E-state index in [-0.39, 0.29) is 4.47 Å². The first kappa shape index (κ1) is 13.5. The van der Waals surface area contributed by atoms with E-state index < -0.39 is 32.2 Å². The second kappa shape index (κ2) is 4.01. The lowest BCUT2D eigenvalue weighted by Gasteiger charge is -2.13. The van der Waals surface area contributed by atoms with Gasteiger partial charge < -0.3 is 0 Å². The van der Waals surface area contributed by atoms with E-state index in [2.05, 4.69) is 15.9 Å². The summed E-state index contributed by atoms with van der Waals surface area (Å²) in [7, 11) is -4.17. The molecule has 0 saturated carbocycles. The van der Waals surface area contributed by atoms with Gasteiger partial charge in [0.2, 0.25) is 10.0 Å². The molecule has 0 unspecified atom stereocenters. The molecule has 3 nitrogen and oxygen atoms in total. The van der Waals surface area contributed by atoms with Gasteiger partial charge >= 0.3 is 6.18 Å². The Morgan fingerprint density at radius 3 is 2.19 bits per heavy atom. The Morgan fingerprint density at radius 1 is 1.31 bits per heavy atom. The van der Waals surface area contributed by atoms with E-state index in [4.69, 9.17) is 5.14 Å². The van der Waals surface area contributed by atoms with E-state index in [1.54, 1.807) is 0 Å². The van der Waals surface area contributed by atoms with Crippen LogP contribution in [-0.2, 0) is 16.2 Å². The minimum atomic E-state index is -4.62. The highest BCUT2D eigenvalue weighted by Gasteiger charge is 2.34. The van der Waals surface area contributed by atoms with Crippen molar-refractivity contribution in [2.75, 3.05) is 0 Å². The Kier molecular flexibility index (Phi) is 3.37. The standard InChI is InChI=1S/C8H7BrF3NO2S/c1-4-6(8(10,11)12)2-5(9)3-7(4)16(13,14)15/h2-3H,1H3,(H2,13,14,15). The summed E-state index contributed by atoms with van der Waals surface area (Å²) >= 11 is 2.81. The molecule has 0 spiro atoms. The first-order valence-corrected chi connectivity index (χ1v) is 6.27. The van der Waals surface area contributed by atoms with E-state index in [0.29, 0.717) is 0 Å². The average Bonchev–Trinajstić information content (AvgIpc) is 2.04. The summed E-state index contributed by atoms with van der Waals surface area (Å²) in [5, 5.41) is 4.82. The van der Waals surface area contributed by atoms with Gasteiger partial charge in [-0.25, -0.2) is 13.6 Å². The Morgan fingerprint density at radius 2 is 1.81 bits per heavy atom. The van der Waals surface area contributed by atoms with Crippen LogP contribution < -0.4 is 5.14 Å². The van der Waals surface area contributed by atoms with Gasteiger partial charge in [0.05, 0.1) is 10.5 Å². The summed E-state index contributed by atoms with van der Waals surface area (Å²) in [5.41, 5.74) is -1.43. The monoisotopic (exact) mass is 317 g/mol. The van der Waals surface area contributed by atoms with Crippen LogP contribution in [0.2, 0.25) is 0 Å². The van der Waals surface area contributed by atoms with E-state index in [9.17, 15) is 21.6 Å². The maximum atomic E-state index is 12.5. The van der Waals surface area contributed by atoms with Crippen molar-refractivity contribution >= 4 is 26.0 Å². The van der Waals surface area contributed by atoms with Crippen LogP contribution in [0.25, 0.3) is 0 Å². The van der Waals surface area contributed by atoms with Crippen molar-refractivity contribution in [3.8, 4) is 0 Å². The largest absolute Gasteiger partial charge is 0.416 e. The smallest absolute Gasteiger partial charge is 0.225 e. The van der Waals surface area contributed by atoms with Crippen molar-refractivity contribution in [1.82, 2.24) is 0 Å². The topological polar surface area (TPSA) is 60.2 Å². The van der Waals surface area contributed by atoms with Gasteiger partial charge in [-0.05, 0) is 24.6 Å². The molecule has 0 atom stereocenters. The first-order chi connectivity index (χ1) is 7.03. The molecule has 0 bridgehead atoms. The highest BCUT2D eigenvalue weighted by molar-refractivity contribution is 9.10. The molecule has 0 radical (unpaired) electrons. The third-order valence-electron chi connectivity index (χ3n) is 1.94. The molecule has 0 amide bonds. The quantitative estimate of drug-likeness (QED) is 0.864. The molecule has 0 aromatic heterocycles. The summed E-state index contributed by atoms with van der Waals surface area (Å²) in [6.45, 7) is 1.06. The van der Waals surface area contributed by atoms with Gasteiger partial charge in [-0.15, -0.1) is 0 Å². The highest BCUT2D eigenvalue weighted by Crippen LogP contribution is 2.36. The summed E-state index contributed by atoms with van der Waals surface area (Å²) < 4.78 is 59.8. The molecule has 1 rings (SSSR count). The van der Waals surface area contributed by atoms with E-state index in [1.165, 1.54) is 0 Å². The van der Waals surface area contributed by atoms with Crippen LogP contribution in [0.4, 0.5) is 13.2 Å². The Balaban J connectivity index is 3.64. The average molecular weight is 318 g/mol. The van der Waals surface area contributed by atoms with Gasteiger partial charge in [0, 0.05) is 4.47 Å². The molecule has 0 fully saturated rings. The molecule has 2 N–H and O–H groups in total. The molecule has 0 aliphatic carbocycles. The number of hydrogen-bond acceptors (Lipinski definition) is 2. The second-order valence-corrected chi connectivity index (χ2v) is 5.56. The second-order valence-electron chi connectivity index (χ2n) is 3.12. The molecule has 90 valence electrons. The number of hydrogen-bond donors (Lipinski definition) is 1. The summed E-state index contributed by atoms with van der Waals surface area (Å²) in [6.07, 6.45) is -4.62. The lowest BCUT2D eigenvalue weighted by atomic mass is 10.1. The minimum Gasteiger partial charge on any atom is -0.225 e. The van der Waals surface area contributed by atoms with Crippen LogP contribution >= 0.6 is 15.9 Å². The highest BCUT2D eigenvalue weighted by atomic mass is 79.9. The van der Waals surface area contributed by atoms with E-state index >= 15 is 0 Å². The molecule has 1 aromatic carbocycles. The van der Waals surface area contributed by atoms with Gasteiger partial charge in [0.25, 0.3) is 0 Å². The van der Waals surface area contributed by atoms with Crippen molar-refractivity contribution in [2.45, 2.75) is 18.0 Å². The summed E-state index contributed by atoms with van der Waals surface area (Å²) in [4.78, 5) is -0.533. The van der Waals surface area contributed by atoms with E-state index in [1.807, 2.05) is 0 Å². The van der Waals surface area contributed by atoms with Crippen LogP contribution in [0.1, 0.15) is 11.1 Å². The molecule has 16 heavy (non-hydrogen) atoms. The zero-order valence-electron chi connectivity index (χ0n) is 7.97. The van der Waals surface area contributed by atoms with Crippen molar-refractivity contribution in [1.29, 1.82) is 0 Å². The molecule has 8 heteroatoms. The Labute approximate surface area is 98.6 Å². The first-order valence-electron chi connectivity index (χ1n) is 3.93. The molecule has 0 heterocycles. The molecule has 1 aromatic rings. The lowest BCUT2D eigenvalue weighted by Crippen LogP contribution is -2.17. The fourth-order valence-corrected chi connectivity index (χ4v) is 2.68. The number of nitrogens with two attached hydrogens (primary N) is 1. The number of halogens is 4. The molecule has 0 saturated heterocycles. The third-order valence-corrected chi connectivity index (χ3v) is 3.43. The van der Waals surface area contributed by atoms with Crippen molar-refractivity contribution in [3.05, 3.63) is 27.7 Å². The molecular formula is C8H7BrF3NO2S. The number of primary sulfonamides is 1. The lowest BCUT2D eigenvalue weighted by molar-refractivity contribution is -0.138. The maximum Gasteiger partial charge on any atom is 0.416 e. The number of sulfonamides is 1. The van der Waals surface area contributed by atoms with Gasteiger partial charge in [0.15, 0.2) is 0 Å². The Hall–Kier alpha value is -0.600. The van der Waals surface area contributed by atoms with Crippen LogP contribution in [0.5, 0.6) is 0 Å². The predicted octanol–water partition coefficient (Wildman–Crippen LogP) is 2.42. The molecule has 0 aliphatic heterocycles. The van der Waals surface area contributed by atoms with Gasteiger partial charge in [-0.3, -0.25) is 0 Å². The van der Waals surface area contributed by atoms with Crippen LogP contribution in [0.3, 0.4) is 0 Å². The summed E-state index contributed by atoms with van der Waals surface area (Å²) in [5.74, 6) is 0. The third kappa shape index (κ3) is 2.74. The minimum absolute atomic E-state index is 0.00875.